The second-order valence-corrected chi connectivity index (χ2v) is 3.53. The van der Waals surface area contributed by atoms with Gasteiger partial charge in [0.2, 0.25) is 0 Å². The van der Waals surface area contributed by atoms with Gasteiger partial charge >= 0.3 is 0 Å². The van der Waals surface area contributed by atoms with E-state index in [1.807, 2.05) is 0 Å². The van der Waals surface area contributed by atoms with Crippen molar-refractivity contribution in [1.29, 1.82) is 0 Å². The van der Waals surface area contributed by atoms with Crippen molar-refractivity contribution in [2.45, 2.75) is 39.4 Å². The van der Waals surface area contributed by atoms with Crippen LogP contribution in [-0.4, -0.2) is 29.4 Å². The van der Waals surface area contributed by atoms with E-state index in [1.54, 1.807) is 0 Å². The third kappa shape index (κ3) is 0.966. The van der Waals surface area contributed by atoms with Gasteiger partial charge in [-0.1, -0.05) is 0 Å². The molecule has 2 heteroatoms. The molecular formula is C8H16N2. The lowest BCUT2D eigenvalue weighted by Gasteiger charge is -2.28. The lowest BCUT2D eigenvalue weighted by atomic mass is 10.2. The highest BCUT2D eigenvalue weighted by molar-refractivity contribution is 5.88. The number of hydrogen-bond acceptors (Lipinski definition) is 2. The third-order valence-electron chi connectivity index (χ3n) is 2.50. The molecular weight excluding hydrogens is 124 g/mol. The topological polar surface area (TPSA) is 15.6 Å². The van der Waals surface area contributed by atoms with Crippen molar-refractivity contribution in [3.05, 3.63) is 0 Å². The SMILES string of the molecule is CC1=NC(C)(C)N(C)C1C. The number of aliphatic imine (C=N–C) groups is 1. The molecule has 0 N–H and O–H groups in total. The van der Waals surface area contributed by atoms with Crippen molar-refractivity contribution in [2.75, 3.05) is 7.05 Å². The average molecular weight is 140 g/mol. The van der Waals surface area contributed by atoms with Crippen molar-refractivity contribution in [3.8, 4) is 0 Å². The summed E-state index contributed by atoms with van der Waals surface area (Å²) in [6, 6.07) is 0.509. The first-order chi connectivity index (χ1) is 4.45. The molecule has 0 aromatic carbocycles. The summed E-state index contributed by atoms with van der Waals surface area (Å²) < 4.78 is 0. The van der Waals surface area contributed by atoms with Crippen LogP contribution in [0.5, 0.6) is 0 Å². The van der Waals surface area contributed by atoms with Gasteiger partial charge in [-0.3, -0.25) is 9.89 Å². The van der Waals surface area contributed by atoms with Gasteiger partial charge < -0.3 is 0 Å². The van der Waals surface area contributed by atoms with Gasteiger partial charge in [0, 0.05) is 11.8 Å². The van der Waals surface area contributed by atoms with Crippen LogP contribution < -0.4 is 0 Å². The molecule has 58 valence electrons. The predicted molar refractivity (Wildman–Crippen MR) is 44.4 cm³/mol. The first kappa shape index (κ1) is 7.73. The van der Waals surface area contributed by atoms with Crippen LogP contribution in [0.4, 0.5) is 0 Å². The van der Waals surface area contributed by atoms with Crippen molar-refractivity contribution < 1.29 is 0 Å². The molecule has 0 aromatic heterocycles. The summed E-state index contributed by atoms with van der Waals surface area (Å²) >= 11 is 0. The van der Waals surface area contributed by atoms with E-state index in [9.17, 15) is 0 Å². The summed E-state index contributed by atoms with van der Waals surface area (Å²) in [6.45, 7) is 8.56. The predicted octanol–water partition coefficient (Wildman–Crippen LogP) is 1.52. The zero-order valence-corrected chi connectivity index (χ0v) is 7.47. The zero-order chi connectivity index (χ0) is 7.94. The van der Waals surface area contributed by atoms with Crippen LogP contribution in [0.1, 0.15) is 27.7 Å². The zero-order valence-electron chi connectivity index (χ0n) is 7.47. The molecule has 0 fully saturated rings. The summed E-state index contributed by atoms with van der Waals surface area (Å²) in [5.74, 6) is 0. The van der Waals surface area contributed by atoms with Crippen LogP contribution in [0, 0.1) is 0 Å². The van der Waals surface area contributed by atoms with Crippen LogP contribution in [-0.2, 0) is 0 Å². The van der Waals surface area contributed by atoms with Crippen LogP contribution >= 0.6 is 0 Å². The van der Waals surface area contributed by atoms with Crippen molar-refractivity contribution >= 4 is 5.71 Å². The molecule has 0 saturated heterocycles. The Morgan fingerprint density at radius 2 is 2.00 bits per heavy atom. The molecule has 1 atom stereocenters. The Labute approximate surface area is 62.9 Å². The lowest BCUT2D eigenvalue weighted by Crippen LogP contribution is -2.40. The standard InChI is InChI=1S/C8H16N2/c1-6-7(2)10(5)8(3,4)9-6/h7H,1-5H3. The number of hydrogen-bond donors (Lipinski definition) is 0. The first-order valence-electron chi connectivity index (χ1n) is 3.74. The van der Waals surface area contributed by atoms with Crippen LogP contribution in [0.25, 0.3) is 0 Å². The van der Waals surface area contributed by atoms with Crippen molar-refractivity contribution in [1.82, 2.24) is 4.90 Å². The lowest BCUT2D eigenvalue weighted by molar-refractivity contribution is 0.174. The molecule has 10 heavy (non-hydrogen) atoms. The van der Waals surface area contributed by atoms with E-state index >= 15 is 0 Å². The molecule has 1 aliphatic heterocycles. The average Bonchev–Trinajstić information content (AvgIpc) is 1.95. The Bertz CT molecular complexity index is 170. The normalized spacial score (nSPS) is 32.5. The third-order valence-corrected chi connectivity index (χ3v) is 2.50. The fourth-order valence-corrected chi connectivity index (χ4v) is 1.36. The smallest absolute Gasteiger partial charge is 0.107 e. The molecule has 0 aromatic rings. The molecule has 1 heterocycles. The Morgan fingerprint density at radius 3 is 2.10 bits per heavy atom. The summed E-state index contributed by atoms with van der Waals surface area (Å²) in [5, 5.41) is 0. The molecule has 0 radical (unpaired) electrons. The molecule has 1 rings (SSSR count). The van der Waals surface area contributed by atoms with E-state index in [2.05, 4.69) is 44.6 Å². The van der Waals surface area contributed by atoms with Gasteiger partial charge in [-0.25, -0.2) is 0 Å². The number of nitrogens with zero attached hydrogens (tertiary/aromatic N) is 2. The van der Waals surface area contributed by atoms with E-state index in [0.717, 1.165) is 0 Å². The van der Waals surface area contributed by atoms with Crippen molar-refractivity contribution in [2.24, 2.45) is 4.99 Å². The quantitative estimate of drug-likeness (QED) is 0.498. The van der Waals surface area contributed by atoms with Crippen LogP contribution in [0.15, 0.2) is 4.99 Å². The minimum Gasteiger partial charge on any atom is -0.275 e. The molecule has 0 spiro atoms. The minimum absolute atomic E-state index is 0.0174. The maximum absolute atomic E-state index is 4.53. The Hall–Kier alpha value is -0.370. The largest absolute Gasteiger partial charge is 0.275 e. The van der Waals surface area contributed by atoms with E-state index in [4.69, 9.17) is 0 Å². The van der Waals surface area contributed by atoms with Gasteiger partial charge in [0.25, 0.3) is 0 Å². The van der Waals surface area contributed by atoms with Gasteiger partial charge in [0.15, 0.2) is 0 Å². The van der Waals surface area contributed by atoms with E-state index in [0.29, 0.717) is 6.04 Å². The molecule has 0 saturated carbocycles. The molecule has 2 nitrogen and oxygen atoms in total. The van der Waals surface area contributed by atoms with E-state index in [-0.39, 0.29) is 5.66 Å². The highest BCUT2D eigenvalue weighted by atomic mass is 15.3. The highest BCUT2D eigenvalue weighted by Crippen LogP contribution is 2.24. The minimum atomic E-state index is 0.0174. The van der Waals surface area contributed by atoms with Gasteiger partial charge in [-0.05, 0) is 34.7 Å². The fourth-order valence-electron chi connectivity index (χ4n) is 1.36. The van der Waals surface area contributed by atoms with Crippen LogP contribution in [0.3, 0.4) is 0 Å². The molecule has 1 aliphatic rings. The van der Waals surface area contributed by atoms with Crippen LogP contribution in [0.2, 0.25) is 0 Å². The Morgan fingerprint density at radius 1 is 1.50 bits per heavy atom. The van der Waals surface area contributed by atoms with Gasteiger partial charge in [0.1, 0.15) is 5.66 Å². The van der Waals surface area contributed by atoms with Gasteiger partial charge in [0.05, 0.1) is 0 Å². The fraction of sp³-hybridized carbons (Fsp3) is 0.875. The van der Waals surface area contributed by atoms with Crippen molar-refractivity contribution in [3.63, 3.8) is 0 Å². The summed E-state index contributed by atoms with van der Waals surface area (Å²) in [7, 11) is 2.12. The van der Waals surface area contributed by atoms with Gasteiger partial charge in [-0.15, -0.1) is 0 Å². The Kier molecular flexibility index (Phi) is 1.59. The summed E-state index contributed by atoms with van der Waals surface area (Å²) in [5.41, 5.74) is 1.26. The van der Waals surface area contributed by atoms with E-state index < -0.39 is 0 Å². The molecule has 0 amide bonds. The number of rotatable bonds is 0. The van der Waals surface area contributed by atoms with E-state index in [1.165, 1.54) is 5.71 Å². The monoisotopic (exact) mass is 140 g/mol. The molecule has 1 unspecified atom stereocenters. The molecule has 0 aliphatic carbocycles. The van der Waals surface area contributed by atoms with Gasteiger partial charge in [-0.2, -0.15) is 0 Å². The highest BCUT2D eigenvalue weighted by Gasteiger charge is 2.33. The maximum Gasteiger partial charge on any atom is 0.107 e. The molecule has 0 bridgehead atoms. The Balaban J connectivity index is 2.87. The summed E-state index contributed by atoms with van der Waals surface area (Å²) in [6.07, 6.45) is 0. The summed E-state index contributed by atoms with van der Waals surface area (Å²) in [4.78, 5) is 6.81. The maximum atomic E-state index is 4.53. The second-order valence-electron chi connectivity index (χ2n) is 3.53. The first-order valence-corrected chi connectivity index (χ1v) is 3.74. The second kappa shape index (κ2) is 2.06.